The summed E-state index contributed by atoms with van der Waals surface area (Å²) in [6.07, 6.45) is 5.31. The first-order chi connectivity index (χ1) is 13.7. The van der Waals surface area contributed by atoms with E-state index in [2.05, 4.69) is 6.92 Å². The average Bonchev–Trinajstić information content (AvgIpc) is 2.90. The lowest BCUT2D eigenvalue weighted by atomic mass is 10.1. The first kappa shape index (κ1) is 19.0. The molecule has 0 radical (unpaired) electrons. The van der Waals surface area contributed by atoms with Crippen molar-refractivity contribution in [2.24, 2.45) is 0 Å². The normalized spacial score (nSPS) is 16.1. The quantitative estimate of drug-likeness (QED) is 0.567. The van der Waals surface area contributed by atoms with Crippen LogP contribution in [-0.4, -0.2) is 33.7 Å². The summed E-state index contributed by atoms with van der Waals surface area (Å²) in [5, 5.41) is 6.59. The Kier molecular flexibility index (Phi) is 5.67. The maximum atomic E-state index is 13.4. The molecule has 2 aromatic carbocycles. The van der Waals surface area contributed by atoms with Crippen LogP contribution in [0.2, 0.25) is 5.02 Å². The predicted molar refractivity (Wildman–Crippen MR) is 115 cm³/mol. The average molecular weight is 396 g/mol. The molecule has 0 bridgehead atoms. The van der Waals surface area contributed by atoms with Gasteiger partial charge in [-0.3, -0.25) is 9.48 Å². The molecule has 3 aromatic rings. The van der Waals surface area contributed by atoms with E-state index in [4.69, 9.17) is 16.7 Å². The second kappa shape index (κ2) is 8.36. The maximum absolute atomic E-state index is 13.4. The van der Waals surface area contributed by atoms with Crippen LogP contribution in [0.4, 0.5) is 0 Å². The molecule has 0 spiro atoms. The molecule has 146 valence electrons. The standard InChI is InChI=1S/C23H26ClN3O/c1-2-20(23(28)26-14-8-3-4-9-15-26)27-21-13-12-18(24)16-19(21)22(25-27)17-10-6-5-7-11-17/h5-7,10-13,16,20H,2-4,8-9,14-15H2,1H3. The lowest BCUT2D eigenvalue weighted by Crippen LogP contribution is -2.38. The van der Waals surface area contributed by atoms with Gasteiger partial charge >= 0.3 is 0 Å². The van der Waals surface area contributed by atoms with Gasteiger partial charge in [0.05, 0.1) is 5.52 Å². The summed E-state index contributed by atoms with van der Waals surface area (Å²) in [5.41, 5.74) is 2.86. The Labute approximate surface area is 171 Å². The van der Waals surface area contributed by atoms with Gasteiger partial charge in [-0.1, -0.05) is 61.7 Å². The van der Waals surface area contributed by atoms with Crippen LogP contribution in [-0.2, 0) is 4.79 Å². The minimum absolute atomic E-state index is 0.184. The largest absolute Gasteiger partial charge is 0.341 e. The van der Waals surface area contributed by atoms with E-state index >= 15 is 0 Å². The van der Waals surface area contributed by atoms with Crippen LogP contribution in [0.15, 0.2) is 48.5 Å². The molecule has 1 saturated heterocycles. The summed E-state index contributed by atoms with van der Waals surface area (Å²) >= 11 is 6.29. The van der Waals surface area contributed by atoms with Gasteiger partial charge in [0, 0.05) is 29.1 Å². The van der Waals surface area contributed by atoms with E-state index in [0.29, 0.717) is 11.4 Å². The molecule has 1 atom stereocenters. The van der Waals surface area contributed by atoms with Crippen molar-refractivity contribution in [3.63, 3.8) is 0 Å². The zero-order chi connectivity index (χ0) is 19.5. The van der Waals surface area contributed by atoms with Crippen molar-refractivity contribution in [1.29, 1.82) is 0 Å². The van der Waals surface area contributed by atoms with E-state index in [1.807, 2.05) is 58.1 Å². The van der Waals surface area contributed by atoms with Crippen molar-refractivity contribution in [2.75, 3.05) is 13.1 Å². The fourth-order valence-corrected chi connectivity index (χ4v) is 4.29. The molecule has 1 unspecified atom stereocenters. The summed E-state index contributed by atoms with van der Waals surface area (Å²) in [4.78, 5) is 15.4. The van der Waals surface area contributed by atoms with Gasteiger partial charge in [0.1, 0.15) is 11.7 Å². The second-order valence-corrected chi connectivity index (χ2v) is 7.92. The first-order valence-corrected chi connectivity index (χ1v) is 10.6. The van der Waals surface area contributed by atoms with Crippen molar-refractivity contribution in [2.45, 2.75) is 45.1 Å². The molecule has 28 heavy (non-hydrogen) atoms. The van der Waals surface area contributed by atoms with Crippen molar-refractivity contribution in [3.8, 4) is 11.3 Å². The third-order valence-corrected chi connectivity index (χ3v) is 5.84. The van der Waals surface area contributed by atoms with E-state index in [9.17, 15) is 4.79 Å². The number of fused-ring (bicyclic) bond motifs is 1. The van der Waals surface area contributed by atoms with E-state index < -0.39 is 0 Å². The van der Waals surface area contributed by atoms with Crippen LogP contribution in [0.25, 0.3) is 22.2 Å². The van der Waals surface area contributed by atoms with Crippen LogP contribution in [0.1, 0.15) is 45.1 Å². The number of halogens is 1. The van der Waals surface area contributed by atoms with Gasteiger partial charge < -0.3 is 4.90 Å². The lowest BCUT2D eigenvalue weighted by molar-refractivity contribution is -0.135. The molecule has 1 aliphatic rings. The van der Waals surface area contributed by atoms with Crippen LogP contribution in [0.3, 0.4) is 0 Å². The van der Waals surface area contributed by atoms with E-state index in [1.165, 1.54) is 12.8 Å². The molecular weight excluding hydrogens is 370 g/mol. The Hall–Kier alpha value is -2.33. The third kappa shape index (κ3) is 3.66. The van der Waals surface area contributed by atoms with Gasteiger partial charge in [-0.15, -0.1) is 0 Å². The van der Waals surface area contributed by atoms with Crippen molar-refractivity contribution in [3.05, 3.63) is 53.6 Å². The van der Waals surface area contributed by atoms with Gasteiger partial charge in [0.2, 0.25) is 5.91 Å². The summed E-state index contributed by atoms with van der Waals surface area (Å²) in [6, 6.07) is 15.6. The number of amides is 1. The number of carbonyl (C=O) groups excluding carboxylic acids is 1. The Bertz CT molecular complexity index is 959. The molecule has 0 saturated carbocycles. The van der Waals surface area contributed by atoms with Crippen LogP contribution in [0, 0.1) is 0 Å². The Balaban J connectivity index is 1.79. The van der Waals surface area contributed by atoms with Gasteiger partial charge in [0.25, 0.3) is 0 Å². The highest BCUT2D eigenvalue weighted by atomic mass is 35.5. The summed E-state index contributed by atoms with van der Waals surface area (Å²) in [6.45, 7) is 3.77. The second-order valence-electron chi connectivity index (χ2n) is 7.48. The smallest absolute Gasteiger partial charge is 0.247 e. The fourth-order valence-electron chi connectivity index (χ4n) is 4.11. The van der Waals surface area contributed by atoms with Crippen molar-refractivity contribution < 1.29 is 4.79 Å². The highest BCUT2D eigenvalue weighted by Gasteiger charge is 2.28. The van der Waals surface area contributed by atoms with Gasteiger partial charge in [-0.2, -0.15) is 5.10 Å². The number of carbonyl (C=O) groups is 1. The molecule has 0 aliphatic carbocycles. The highest BCUT2D eigenvalue weighted by Crippen LogP contribution is 2.33. The highest BCUT2D eigenvalue weighted by molar-refractivity contribution is 6.31. The van der Waals surface area contributed by atoms with Crippen LogP contribution < -0.4 is 0 Å². The zero-order valence-corrected chi connectivity index (χ0v) is 17.0. The van der Waals surface area contributed by atoms with Crippen LogP contribution in [0.5, 0.6) is 0 Å². The van der Waals surface area contributed by atoms with Gasteiger partial charge in [-0.25, -0.2) is 0 Å². The van der Waals surface area contributed by atoms with E-state index in [1.54, 1.807) is 0 Å². The molecule has 4 rings (SSSR count). The number of rotatable bonds is 4. The molecule has 4 nitrogen and oxygen atoms in total. The Morgan fingerprint density at radius 3 is 2.46 bits per heavy atom. The topological polar surface area (TPSA) is 38.1 Å². The minimum Gasteiger partial charge on any atom is -0.341 e. The maximum Gasteiger partial charge on any atom is 0.247 e. The molecule has 0 N–H and O–H groups in total. The van der Waals surface area contributed by atoms with Gasteiger partial charge in [-0.05, 0) is 37.5 Å². The molecule has 1 fully saturated rings. The van der Waals surface area contributed by atoms with E-state index in [0.717, 1.165) is 48.1 Å². The number of hydrogen-bond donors (Lipinski definition) is 0. The Morgan fingerprint density at radius 2 is 1.79 bits per heavy atom. The number of likely N-dealkylation sites (tertiary alicyclic amines) is 1. The number of benzene rings is 2. The molecule has 2 heterocycles. The number of aromatic nitrogens is 2. The summed E-state index contributed by atoms with van der Waals surface area (Å²) in [5.74, 6) is 0.184. The summed E-state index contributed by atoms with van der Waals surface area (Å²) in [7, 11) is 0. The lowest BCUT2D eigenvalue weighted by Gasteiger charge is -2.26. The molecular formula is C23H26ClN3O. The minimum atomic E-state index is -0.292. The first-order valence-electron chi connectivity index (χ1n) is 10.2. The summed E-state index contributed by atoms with van der Waals surface area (Å²) < 4.78 is 1.92. The number of nitrogens with zero attached hydrogens (tertiary/aromatic N) is 3. The van der Waals surface area contributed by atoms with Gasteiger partial charge in [0.15, 0.2) is 0 Å². The fraction of sp³-hybridized carbons (Fsp3) is 0.391. The zero-order valence-electron chi connectivity index (χ0n) is 16.3. The molecule has 1 amide bonds. The number of hydrogen-bond acceptors (Lipinski definition) is 2. The SMILES string of the molecule is CCC(C(=O)N1CCCCCC1)n1nc(-c2ccccc2)c2cc(Cl)ccc21. The van der Waals surface area contributed by atoms with Crippen LogP contribution >= 0.6 is 11.6 Å². The predicted octanol–water partition coefficient (Wildman–Crippen LogP) is 5.71. The molecule has 5 heteroatoms. The molecule has 1 aromatic heterocycles. The Morgan fingerprint density at radius 1 is 1.07 bits per heavy atom. The third-order valence-electron chi connectivity index (χ3n) is 5.60. The van der Waals surface area contributed by atoms with E-state index in [-0.39, 0.29) is 11.9 Å². The van der Waals surface area contributed by atoms with Crippen molar-refractivity contribution >= 4 is 28.4 Å². The monoisotopic (exact) mass is 395 g/mol. The molecule has 1 aliphatic heterocycles. The van der Waals surface area contributed by atoms with Crippen molar-refractivity contribution in [1.82, 2.24) is 14.7 Å².